The first-order valence-electron chi connectivity index (χ1n) is 6.51. The highest BCUT2D eigenvalue weighted by atomic mass is 32.2. The van der Waals surface area contributed by atoms with Gasteiger partial charge >= 0.3 is 0 Å². The molecule has 94 valence electrons. The summed E-state index contributed by atoms with van der Waals surface area (Å²) in [6.45, 7) is 0. The number of thioether (sulfide) groups is 1. The molecule has 0 radical (unpaired) electrons. The van der Waals surface area contributed by atoms with E-state index in [0.29, 0.717) is 17.2 Å². The minimum atomic E-state index is 0.424. The predicted octanol–water partition coefficient (Wildman–Crippen LogP) is 2.49. The predicted molar refractivity (Wildman–Crippen MR) is 68.2 cm³/mol. The lowest BCUT2D eigenvalue weighted by Gasteiger charge is -2.14. The summed E-state index contributed by atoms with van der Waals surface area (Å²) in [5.74, 6) is 3.43. The SMILES string of the molecule is CNC1CCCC1c1nc(C2CCCS2)no1. The zero-order valence-corrected chi connectivity index (χ0v) is 11.0. The van der Waals surface area contributed by atoms with E-state index in [1.807, 2.05) is 18.8 Å². The van der Waals surface area contributed by atoms with Crippen LogP contribution in [0.25, 0.3) is 0 Å². The molecule has 1 aliphatic heterocycles. The van der Waals surface area contributed by atoms with Crippen LogP contribution in [0.15, 0.2) is 4.52 Å². The maximum absolute atomic E-state index is 5.48. The summed E-state index contributed by atoms with van der Waals surface area (Å²) in [5.41, 5.74) is 0. The summed E-state index contributed by atoms with van der Waals surface area (Å²) >= 11 is 1.96. The number of hydrogen-bond donors (Lipinski definition) is 1. The molecule has 0 spiro atoms. The van der Waals surface area contributed by atoms with Crippen LogP contribution in [0, 0.1) is 0 Å². The molecule has 2 aliphatic rings. The highest BCUT2D eigenvalue weighted by molar-refractivity contribution is 7.99. The minimum absolute atomic E-state index is 0.424. The molecule has 1 aromatic rings. The molecule has 0 amide bonds. The molecule has 1 saturated heterocycles. The fourth-order valence-electron chi connectivity index (χ4n) is 2.91. The first-order valence-corrected chi connectivity index (χ1v) is 7.55. The van der Waals surface area contributed by atoms with Gasteiger partial charge in [-0.25, -0.2) is 0 Å². The van der Waals surface area contributed by atoms with Gasteiger partial charge in [0.1, 0.15) is 0 Å². The van der Waals surface area contributed by atoms with Crippen LogP contribution in [-0.4, -0.2) is 29.0 Å². The fourth-order valence-corrected chi connectivity index (χ4v) is 4.11. The number of aromatic nitrogens is 2. The lowest BCUT2D eigenvalue weighted by molar-refractivity contribution is 0.332. The quantitative estimate of drug-likeness (QED) is 0.897. The fraction of sp³-hybridized carbons (Fsp3) is 0.833. The van der Waals surface area contributed by atoms with E-state index in [1.54, 1.807) is 0 Å². The molecule has 3 rings (SSSR count). The molecule has 0 aromatic carbocycles. The second-order valence-corrected chi connectivity index (χ2v) is 6.24. The summed E-state index contributed by atoms with van der Waals surface area (Å²) in [7, 11) is 2.02. The van der Waals surface area contributed by atoms with Crippen molar-refractivity contribution < 1.29 is 4.52 Å². The summed E-state index contributed by atoms with van der Waals surface area (Å²) < 4.78 is 5.48. The molecule has 17 heavy (non-hydrogen) atoms. The Morgan fingerprint density at radius 2 is 2.24 bits per heavy atom. The molecule has 1 aromatic heterocycles. The van der Waals surface area contributed by atoms with E-state index in [9.17, 15) is 0 Å². The van der Waals surface area contributed by atoms with E-state index < -0.39 is 0 Å². The maximum atomic E-state index is 5.48. The summed E-state index contributed by atoms with van der Waals surface area (Å²) in [5, 5.41) is 8.01. The molecule has 5 heteroatoms. The van der Waals surface area contributed by atoms with E-state index in [1.165, 1.54) is 37.9 Å². The van der Waals surface area contributed by atoms with Crippen molar-refractivity contribution in [1.29, 1.82) is 0 Å². The van der Waals surface area contributed by atoms with E-state index in [0.717, 1.165) is 11.7 Å². The standard InChI is InChI=1S/C12H19N3OS/c1-13-9-5-2-4-8(9)12-14-11(15-16-12)10-6-3-7-17-10/h8-10,13H,2-7H2,1H3. The minimum Gasteiger partial charge on any atom is -0.339 e. The van der Waals surface area contributed by atoms with Gasteiger partial charge in [0.2, 0.25) is 5.89 Å². The highest BCUT2D eigenvalue weighted by Gasteiger charge is 2.33. The maximum Gasteiger partial charge on any atom is 0.231 e. The lowest BCUT2D eigenvalue weighted by atomic mass is 10.0. The van der Waals surface area contributed by atoms with Crippen molar-refractivity contribution in [1.82, 2.24) is 15.5 Å². The third-order valence-electron chi connectivity index (χ3n) is 3.88. The Balaban J connectivity index is 1.75. The second-order valence-electron chi connectivity index (χ2n) is 4.93. The summed E-state index contributed by atoms with van der Waals surface area (Å²) in [6.07, 6.45) is 6.12. The van der Waals surface area contributed by atoms with Crippen molar-refractivity contribution in [3.8, 4) is 0 Å². The van der Waals surface area contributed by atoms with E-state index in [4.69, 9.17) is 4.52 Å². The molecule has 3 unspecified atom stereocenters. The van der Waals surface area contributed by atoms with Crippen LogP contribution in [0.2, 0.25) is 0 Å². The van der Waals surface area contributed by atoms with Gasteiger partial charge in [0, 0.05) is 6.04 Å². The van der Waals surface area contributed by atoms with Crippen LogP contribution in [0.1, 0.15) is 55.0 Å². The van der Waals surface area contributed by atoms with Gasteiger partial charge in [-0.15, -0.1) is 0 Å². The van der Waals surface area contributed by atoms with Gasteiger partial charge in [-0.05, 0) is 38.5 Å². The van der Waals surface area contributed by atoms with E-state index in [2.05, 4.69) is 15.5 Å². The Labute approximate surface area is 106 Å². The molecule has 1 saturated carbocycles. The number of nitrogens with zero attached hydrogens (tertiary/aromatic N) is 2. The van der Waals surface area contributed by atoms with Gasteiger partial charge in [-0.1, -0.05) is 11.6 Å². The molecular weight excluding hydrogens is 234 g/mol. The van der Waals surface area contributed by atoms with Gasteiger partial charge in [0.25, 0.3) is 0 Å². The van der Waals surface area contributed by atoms with Crippen LogP contribution >= 0.6 is 11.8 Å². The zero-order valence-electron chi connectivity index (χ0n) is 10.2. The van der Waals surface area contributed by atoms with Crippen molar-refractivity contribution in [2.24, 2.45) is 0 Å². The Bertz CT molecular complexity index is 376. The van der Waals surface area contributed by atoms with Crippen molar-refractivity contribution in [3.05, 3.63) is 11.7 Å². The van der Waals surface area contributed by atoms with Gasteiger partial charge < -0.3 is 9.84 Å². The smallest absolute Gasteiger partial charge is 0.231 e. The summed E-state index contributed by atoms with van der Waals surface area (Å²) in [6, 6.07) is 0.513. The van der Waals surface area contributed by atoms with Crippen molar-refractivity contribution in [3.63, 3.8) is 0 Å². The van der Waals surface area contributed by atoms with Crippen molar-refractivity contribution in [2.75, 3.05) is 12.8 Å². The van der Waals surface area contributed by atoms with Gasteiger partial charge in [0.15, 0.2) is 5.82 Å². The normalized spacial score (nSPS) is 33.4. The average molecular weight is 253 g/mol. The van der Waals surface area contributed by atoms with Gasteiger partial charge in [-0.2, -0.15) is 16.7 Å². The Morgan fingerprint density at radius 3 is 3.00 bits per heavy atom. The molecule has 2 heterocycles. The van der Waals surface area contributed by atoms with E-state index in [-0.39, 0.29) is 0 Å². The molecular formula is C12H19N3OS. The monoisotopic (exact) mass is 253 g/mol. The van der Waals surface area contributed by atoms with Crippen molar-refractivity contribution in [2.45, 2.75) is 49.3 Å². The molecule has 2 fully saturated rings. The van der Waals surface area contributed by atoms with Crippen LogP contribution in [0.4, 0.5) is 0 Å². The first kappa shape index (κ1) is 11.5. The Morgan fingerprint density at radius 1 is 1.29 bits per heavy atom. The number of hydrogen-bond acceptors (Lipinski definition) is 5. The van der Waals surface area contributed by atoms with Crippen LogP contribution in [-0.2, 0) is 0 Å². The topological polar surface area (TPSA) is 51.0 Å². The third-order valence-corrected chi connectivity index (χ3v) is 5.25. The largest absolute Gasteiger partial charge is 0.339 e. The number of nitrogens with one attached hydrogen (secondary N) is 1. The third kappa shape index (κ3) is 2.22. The van der Waals surface area contributed by atoms with Crippen molar-refractivity contribution >= 4 is 11.8 Å². The van der Waals surface area contributed by atoms with Crippen LogP contribution in [0.5, 0.6) is 0 Å². The molecule has 4 nitrogen and oxygen atoms in total. The second kappa shape index (κ2) is 4.98. The lowest BCUT2D eigenvalue weighted by Crippen LogP contribution is -2.27. The molecule has 3 atom stereocenters. The number of likely N-dealkylation sites (N-methyl/N-ethyl adjacent to an activating group) is 1. The molecule has 1 N–H and O–H groups in total. The van der Waals surface area contributed by atoms with Gasteiger partial charge in [-0.3, -0.25) is 0 Å². The van der Waals surface area contributed by atoms with E-state index >= 15 is 0 Å². The molecule has 0 bridgehead atoms. The first-order chi connectivity index (χ1) is 8.38. The zero-order chi connectivity index (χ0) is 11.7. The average Bonchev–Trinajstić information content (AvgIpc) is 3.09. The molecule has 1 aliphatic carbocycles. The number of rotatable bonds is 3. The van der Waals surface area contributed by atoms with Crippen LogP contribution < -0.4 is 5.32 Å². The highest BCUT2D eigenvalue weighted by Crippen LogP contribution is 2.40. The van der Waals surface area contributed by atoms with Crippen LogP contribution in [0.3, 0.4) is 0 Å². The Kier molecular flexibility index (Phi) is 3.38. The summed E-state index contributed by atoms with van der Waals surface area (Å²) in [4.78, 5) is 4.63. The Hall–Kier alpha value is -0.550. The van der Waals surface area contributed by atoms with Gasteiger partial charge in [0.05, 0.1) is 11.2 Å².